The molecule has 0 radical (unpaired) electrons. The minimum atomic E-state index is -0.917. The van der Waals surface area contributed by atoms with Crippen molar-refractivity contribution in [2.75, 3.05) is 6.54 Å². The molecular weight excluding hydrogens is 273 g/mol. The van der Waals surface area contributed by atoms with Crippen molar-refractivity contribution in [3.63, 3.8) is 0 Å². The van der Waals surface area contributed by atoms with Crippen molar-refractivity contribution in [1.82, 2.24) is 4.90 Å². The number of aliphatic carboxylic acids is 1. The summed E-state index contributed by atoms with van der Waals surface area (Å²) < 4.78 is 13.7. The Bertz CT molecular complexity index is 558. The van der Waals surface area contributed by atoms with Crippen molar-refractivity contribution in [1.29, 1.82) is 0 Å². The first-order valence-electron chi connectivity index (χ1n) is 7.11. The van der Waals surface area contributed by atoms with E-state index in [1.807, 2.05) is 0 Å². The predicted molar refractivity (Wildman–Crippen MR) is 76.7 cm³/mol. The third-order valence-electron chi connectivity index (χ3n) is 3.82. The molecule has 1 unspecified atom stereocenters. The van der Waals surface area contributed by atoms with Crippen LogP contribution in [0.2, 0.25) is 0 Å². The molecule has 1 amide bonds. The number of carbonyl (C=O) groups is 2. The molecule has 114 valence electrons. The summed E-state index contributed by atoms with van der Waals surface area (Å²) in [5.41, 5.74) is 1.29. The molecule has 1 fully saturated rings. The Labute approximate surface area is 123 Å². The first-order valence-corrected chi connectivity index (χ1v) is 7.11. The molecule has 2 rings (SSSR count). The molecule has 1 aliphatic rings. The van der Waals surface area contributed by atoms with Gasteiger partial charge in [0.15, 0.2) is 0 Å². The second-order valence-corrected chi connectivity index (χ2v) is 5.85. The Balaban J connectivity index is 2.24. The molecule has 0 aliphatic heterocycles. The molecule has 0 spiro atoms. The highest BCUT2D eigenvalue weighted by Crippen LogP contribution is 2.29. The summed E-state index contributed by atoms with van der Waals surface area (Å²) >= 11 is 0. The number of hydrogen-bond donors (Lipinski definition) is 1. The van der Waals surface area contributed by atoms with Crippen LogP contribution in [-0.2, 0) is 4.79 Å². The summed E-state index contributed by atoms with van der Waals surface area (Å²) in [5.74, 6) is -2.04. The Morgan fingerprint density at radius 1 is 1.33 bits per heavy atom. The number of rotatable bonds is 5. The lowest BCUT2D eigenvalue weighted by atomic mass is 10.0. The number of halogens is 1. The van der Waals surface area contributed by atoms with Crippen LogP contribution >= 0.6 is 0 Å². The van der Waals surface area contributed by atoms with Crippen LogP contribution in [0.3, 0.4) is 0 Å². The van der Waals surface area contributed by atoms with Crippen molar-refractivity contribution >= 4 is 11.9 Å². The van der Waals surface area contributed by atoms with Crippen LogP contribution in [0.25, 0.3) is 0 Å². The van der Waals surface area contributed by atoms with Crippen molar-refractivity contribution in [2.45, 2.75) is 39.7 Å². The average molecular weight is 293 g/mol. The van der Waals surface area contributed by atoms with Gasteiger partial charge in [-0.3, -0.25) is 9.59 Å². The van der Waals surface area contributed by atoms with Crippen molar-refractivity contribution in [3.05, 3.63) is 34.6 Å². The van der Waals surface area contributed by atoms with Gasteiger partial charge in [-0.1, -0.05) is 6.92 Å². The highest BCUT2D eigenvalue weighted by molar-refractivity contribution is 5.95. The standard InChI is InChI=1S/C16H20FNO3/c1-9-6-12(7-10(2)14(9)17)15(19)18(13-4-5-13)8-11(3)16(20)21/h6-7,11,13H,4-5,8H2,1-3H3,(H,20,21). The lowest BCUT2D eigenvalue weighted by Crippen LogP contribution is -2.38. The summed E-state index contributed by atoms with van der Waals surface area (Å²) in [6.07, 6.45) is 1.80. The van der Waals surface area contributed by atoms with E-state index in [1.165, 1.54) is 12.1 Å². The van der Waals surface area contributed by atoms with Crippen molar-refractivity contribution < 1.29 is 19.1 Å². The third kappa shape index (κ3) is 3.40. The molecule has 1 saturated carbocycles. The predicted octanol–water partition coefficient (Wildman–Crippen LogP) is 2.77. The van der Waals surface area contributed by atoms with Gasteiger partial charge in [0, 0.05) is 18.2 Å². The van der Waals surface area contributed by atoms with E-state index in [2.05, 4.69) is 0 Å². The van der Waals surface area contributed by atoms with Gasteiger partial charge in [0.05, 0.1) is 5.92 Å². The Hall–Kier alpha value is -1.91. The summed E-state index contributed by atoms with van der Waals surface area (Å²) in [6.45, 7) is 5.03. The van der Waals surface area contributed by atoms with E-state index < -0.39 is 11.9 Å². The highest BCUT2D eigenvalue weighted by atomic mass is 19.1. The molecule has 1 aromatic carbocycles. The molecule has 0 saturated heterocycles. The van der Waals surface area contributed by atoms with Crippen LogP contribution in [0.5, 0.6) is 0 Å². The summed E-state index contributed by atoms with van der Waals surface area (Å²) in [6, 6.07) is 3.18. The Morgan fingerprint density at radius 3 is 2.29 bits per heavy atom. The number of carbonyl (C=O) groups excluding carboxylic acids is 1. The molecule has 1 aromatic rings. The third-order valence-corrected chi connectivity index (χ3v) is 3.82. The van der Waals surface area contributed by atoms with Gasteiger partial charge in [-0.15, -0.1) is 0 Å². The number of carboxylic acid groups (broad SMARTS) is 1. The molecule has 0 heterocycles. The van der Waals surface area contributed by atoms with Gasteiger partial charge in [-0.25, -0.2) is 4.39 Å². The first-order chi connectivity index (χ1) is 9.81. The quantitative estimate of drug-likeness (QED) is 0.908. The van der Waals surface area contributed by atoms with E-state index in [1.54, 1.807) is 25.7 Å². The number of hydrogen-bond acceptors (Lipinski definition) is 2. The second kappa shape index (κ2) is 5.84. The Morgan fingerprint density at radius 2 is 1.86 bits per heavy atom. The summed E-state index contributed by atoms with van der Waals surface area (Å²) in [4.78, 5) is 25.2. The van der Waals surface area contributed by atoms with Gasteiger partial charge >= 0.3 is 5.97 Å². The fourth-order valence-corrected chi connectivity index (χ4v) is 2.39. The lowest BCUT2D eigenvalue weighted by Gasteiger charge is -2.25. The van der Waals surface area contributed by atoms with Gasteiger partial charge < -0.3 is 10.0 Å². The zero-order valence-corrected chi connectivity index (χ0v) is 12.5. The zero-order valence-electron chi connectivity index (χ0n) is 12.5. The van der Waals surface area contributed by atoms with Gasteiger partial charge in [0.25, 0.3) is 5.91 Å². The topological polar surface area (TPSA) is 57.6 Å². The maximum Gasteiger partial charge on any atom is 0.308 e. The van der Waals surface area contributed by atoms with Gasteiger partial charge in [-0.2, -0.15) is 0 Å². The van der Waals surface area contributed by atoms with Crippen LogP contribution in [0.4, 0.5) is 4.39 Å². The van der Waals surface area contributed by atoms with Crippen LogP contribution < -0.4 is 0 Å². The molecule has 21 heavy (non-hydrogen) atoms. The molecule has 0 bridgehead atoms. The minimum absolute atomic E-state index is 0.116. The average Bonchev–Trinajstić information content (AvgIpc) is 3.24. The molecule has 1 N–H and O–H groups in total. The van der Waals surface area contributed by atoms with E-state index in [-0.39, 0.29) is 24.3 Å². The molecule has 1 atom stereocenters. The van der Waals surface area contributed by atoms with Gasteiger partial charge in [0.1, 0.15) is 5.82 Å². The van der Waals surface area contributed by atoms with Gasteiger partial charge in [-0.05, 0) is 49.9 Å². The van der Waals surface area contributed by atoms with E-state index in [0.717, 1.165) is 12.8 Å². The van der Waals surface area contributed by atoms with Crippen LogP contribution in [0, 0.1) is 25.6 Å². The van der Waals surface area contributed by atoms with Crippen LogP contribution in [0.15, 0.2) is 12.1 Å². The summed E-state index contributed by atoms with van der Waals surface area (Å²) in [7, 11) is 0. The molecular formula is C16H20FNO3. The number of aryl methyl sites for hydroxylation is 2. The monoisotopic (exact) mass is 293 g/mol. The molecule has 4 nitrogen and oxygen atoms in total. The number of amides is 1. The zero-order chi connectivity index (χ0) is 15.7. The van der Waals surface area contributed by atoms with E-state index in [9.17, 15) is 14.0 Å². The maximum absolute atomic E-state index is 13.7. The second-order valence-electron chi connectivity index (χ2n) is 5.85. The SMILES string of the molecule is Cc1cc(C(=O)N(CC(C)C(=O)O)C2CC2)cc(C)c1F. The number of benzene rings is 1. The fourth-order valence-electron chi connectivity index (χ4n) is 2.39. The maximum atomic E-state index is 13.7. The van der Waals surface area contributed by atoms with E-state index in [4.69, 9.17) is 5.11 Å². The van der Waals surface area contributed by atoms with E-state index in [0.29, 0.717) is 16.7 Å². The van der Waals surface area contributed by atoms with Crippen molar-refractivity contribution in [2.24, 2.45) is 5.92 Å². The highest BCUT2D eigenvalue weighted by Gasteiger charge is 2.35. The minimum Gasteiger partial charge on any atom is -0.481 e. The number of carboxylic acids is 1. The first kappa shape index (κ1) is 15.5. The van der Waals surface area contributed by atoms with Gasteiger partial charge in [0.2, 0.25) is 0 Å². The fraction of sp³-hybridized carbons (Fsp3) is 0.500. The largest absolute Gasteiger partial charge is 0.481 e. The van der Waals surface area contributed by atoms with Crippen LogP contribution in [-0.4, -0.2) is 34.5 Å². The molecule has 0 aromatic heterocycles. The normalized spacial score (nSPS) is 15.6. The van der Waals surface area contributed by atoms with Crippen molar-refractivity contribution in [3.8, 4) is 0 Å². The molecule has 5 heteroatoms. The smallest absolute Gasteiger partial charge is 0.308 e. The number of nitrogens with zero attached hydrogens (tertiary/aromatic N) is 1. The lowest BCUT2D eigenvalue weighted by molar-refractivity contribution is -0.141. The Kier molecular flexibility index (Phi) is 4.30. The summed E-state index contributed by atoms with van der Waals surface area (Å²) in [5, 5.41) is 9.02. The van der Waals surface area contributed by atoms with E-state index >= 15 is 0 Å². The molecule has 1 aliphatic carbocycles. The van der Waals surface area contributed by atoms with Crippen LogP contribution in [0.1, 0.15) is 41.3 Å².